The second kappa shape index (κ2) is 12.2. The zero-order valence-electron chi connectivity index (χ0n) is 19.9. The molecule has 0 unspecified atom stereocenters. The smallest absolute Gasteiger partial charge is 0.410 e. The van der Waals surface area contributed by atoms with Crippen LogP contribution in [0.2, 0.25) is 0 Å². The number of carbonyl (C=O) groups is 3. The van der Waals surface area contributed by atoms with Crippen LogP contribution in [0, 0.1) is 10.8 Å². The van der Waals surface area contributed by atoms with Crippen molar-refractivity contribution in [3.05, 3.63) is 29.8 Å². The van der Waals surface area contributed by atoms with Crippen molar-refractivity contribution in [2.45, 2.75) is 56.5 Å². The molecule has 3 amide bonds. The molecule has 1 aromatic carbocycles. The molecule has 0 heterocycles. The number of primary sulfonamides is 1. The van der Waals surface area contributed by atoms with Crippen molar-refractivity contribution in [1.29, 1.82) is 0 Å². The number of nitrogens with one attached hydrogen (secondary N) is 2. The third-order valence-corrected chi connectivity index (χ3v) is 5.99. The van der Waals surface area contributed by atoms with Gasteiger partial charge in [-0.3, -0.25) is 9.59 Å². The van der Waals surface area contributed by atoms with Gasteiger partial charge in [0.25, 0.3) is 5.91 Å². The molecule has 12 heteroatoms. The Morgan fingerprint density at radius 2 is 1.59 bits per heavy atom. The number of benzene rings is 1. The SMILES string of the molecule is CN(CC(=O)NC(C)(C)CCC(C)(C)NC(=O)c1ccc(S(N)(=O)=O)cc1)C(=O)OCC#CBr. The predicted octanol–water partition coefficient (Wildman–Crippen LogP) is 1.94. The molecule has 0 fully saturated rings. The molecule has 0 aliphatic heterocycles. The summed E-state index contributed by atoms with van der Waals surface area (Å²) in [4.78, 5) is 40.3. The van der Waals surface area contributed by atoms with Crippen molar-refractivity contribution in [3.8, 4) is 10.8 Å². The van der Waals surface area contributed by atoms with Gasteiger partial charge in [0, 0.05) is 39.6 Å². The zero-order chi connectivity index (χ0) is 26.2. The second-order valence-corrected chi connectivity index (χ2v) is 11.0. The summed E-state index contributed by atoms with van der Waals surface area (Å²) in [5, 5.41) is 10.9. The lowest BCUT2D eigenvalue weighted by Crippen LogP contribution is -2.50. The fraction of sp³-hybridized carbons (Fsp3) is 0.500. The summed E-state index contributed by atoms with van der Waals surface area (Å²) in [6, 6.07) is 5.34. The standard InChI is InChI=1S/C22H31BrN4O6S/c1-21(2,25-18(28)15-27(5)20(30)33-14-6-13-23)11-12-22(3,4)26-19(29)16-7-9-17(10-8-16)34(24,31)32/h7-10H,11-12,14-15H2,1-5H3,(H,25,28)(H,26,29)(H2,24,31,32). The van der Waals surface area contributed by atoms with E-state index in [1.165, 1.54) is 31.3 Å². The molecule has 0 saturated heterocycles. The van der Waals surface area contributed by atoms with Crippen LogP contribution < -0.4 is 15.8 Å². The Bertz CT molecular complexity index is 1060. The third kappa shape index (κ3) is 10.5. The summed E-state index contributed by atoms with van der Waals surface area (Å²) in [7, 11) is -2.39. The van der Waals surface area contributed by atoms with Crippen LogP contribution in [0.3, 0.4) is 0 Å². The predicted molar refractivity (Wildman–Crippen MR) is 131 cm³/mol. The van der Waals surface area contributed by atoms with Crippen LogP contribution in [0.25, 0.3) is 0 Å². The Balaban J connectivity index is 2.61. The fourth-order valence-electron chi connectivity index (χ4n) is 2.86. The number of nitrogens with two attached hydrogens (primary N) is 1. The molecule has 0 bridgehead atoms. The number of likely N-dealkylation sites (N-methyl/N-ethyl adjacent to an activating group) is 1. The molecule has 0 radical (unpaired) electrons. The second-order valence-electron chi connectivity index (χ2n) is 9.02. The Kier molecular flexibility index (Phi) is 10.5. The van der Waals surface area contributed by atoms with E-state index in [9.17, 15) is 22.8 Å². The number of halogens is 1. The van der Waals surface area contributed by atoms with Gasteiger partial charge in [0.2, 0.25) is 15.9 Å². The van der Waals surface area contributed by atoms with Gasteiger partial charge in [0.1, 0.15) is 6.54 Å². The van der Waals surface area contributed by atoms with Crippen molar-refractivity contribution in [2.24, 2.45) is 5.14 Å². The molecule has 1 rings (SSSR count). The number of hydrogen-bond donors (Lipinski definition) is 3. The molecule has 0 aliphatic carbocycles. The molecular formula is C22H31BrN4O6S. The van der Waals surface area contributed by atoms with Crippen molar-refractivity contribution in [3.63, 3.8) is 0 Å². The maximum absolute atomic E-state index is 12.6. The normalized spacial score (nSPS) is 11.6. The fourth-order valence-corrected chi connectivity index (χ4v) is 3.49. The molecule has 1 aromatic rings. The lowest BCUT2D eigenvalue weighted by molar-refractivity contribution is -0.123. The number of sulfonamides is 1. The maximum Gasteiger partial charge on any atom is 0.410 e. The van der Waals surface area contributed by atoms with Crippen molar-refractivity contribution >= 4 is 43.9 Å². The molecule has 34 heavy (non-hydrogen) atoms. The van der Waals surface area contributed by atoms with Gasteiger partial charge < -0.3 is 20.3 Å². The van der Waals surface area contributed by atoms with Gasteiger partial charge in [-0.05, 0) is 75.6 Å². The van der Waals surface area contributed by atoms with E-state index in [1.54, 1.807) is 0 Å². The number of hydrogen-bond acceptors (Lipinski definition) is 6. The molecule has 0 saturated carbocycles. The van der Waals surface area contributed by atoms with E-state index in [0.717, 1.165) is 4.90 Å². The first-order valence-corrected chi connectivity index (χ1v) is 12.6. The highest BCUT2D eigenvalue weighted by Crippen LogP contribution is 2.20. The van der Waals surface area contributed by atoms with Crippen molar-refractivity contribution in [2.75, 3.05) is 20.2 Å². The third-order valence-electron chi connectivity index (χ3n) is 4.78. The number of nitrogens with zero attached hydrogens (tertiary/aromatic N) is 1. The summed E-state index contributed by atoms with van der Waals surface area (Å²) >= 11 is 2.89. The molecule has 0 atom stereocenters. The molecule has 4 N–H and O–H groups in total. The highest BCUT2D eigenvalue weighted by molar-refractivity contribution is 9.12. The molecule has 10 nitrogen and oxygen atoms in total. The van der Waals surface area contributed by atoms with Crippen LogP contribution in [0.5, 0.6) is 0 Å². The summed E-state index contributed by atoms with van der Waals surface area (Å²) < 4.78 is 27.6. The van der Waals surface area contributed by atoms with Gasteiger partial charge in [-0.1, -0.05) is 0 Å². The highest BCUT2D eigenvalue weighted by Gasteiger charge is 2.28. The quantitative estimate of drug-likeness (QED) is 0.374. The molecule has 0 aromatic heterocycles. The first kappa shape index (κ1) is 29.4. The van der Waals surface area contributed by atoms with Crippen LogP contribution in [0.15, 0.2) is 29.2 Å². The van der Waals surface area contributed by atoms with E-state index in [4.69, 9.17) is 9.88 Å². The van der Waals surface area contributed by atoms with E-state index in [0.29, 0.717) is 18.4 Å². The topological polar surface area (TPSA) is 148 Å². The van der Waals surface area contributed by atoms with Gasteiger partial charge >= 0.3 is 6.09 Å². The van der Waals surface area contributed by atoms with Crippen LogP contribution in [0.1, 0.15) is 50.9 Å². The number of amides is 3. The van der Waals surface area contributed by atoms with E-state index in [1.807, 2.05) is 27.7 Å². The highest BCUT2D eigenvalue weighted by atomic mass is 79.9. The molecular weight excluding hydrogens is 528 g/mol. The monoisotopic (exact) mass is 558 g/mol. The van der Waals surface area contributed by atoms with Crippen LogP contribution in [-0.2, 0) is 19.6 Å². The average molecular weight is 559 g/mol. The minimum Gasteiger partial charge on any atom is -0.436 e. The largest absolute Gasteiger partial charge is 0.436 e. The minimum absolute atomic E-state index is 0.0766. The van der Waals surface area contributed by atoms with Crippen molar-refractivity contribution < 1.29 is 27.5 Å². The van der Waals surface area contributed by atoms with Gasteiger partial charge in [0.15, 0.2) is 6.61 Å². The minimum atomic E-state index is -3.84. The van der Waals surface area contributed by atoms with Crippen LogP contribution >= 0.6 is 15.9 Å². The Morgan fingerprint density at radius 3 is 2.09 bits per heavy atom. The zero-order valence-corrected chi connectivity index (χ0v) is 22.3. The lowest BCUT2D eigenvalue weighted by Gasteiger charge is -2.33. The molecule has 0 aliphatic rings. The van der Waals surface area contributed by atoms with Gasteiger partial charge in [0.05, 0.1) is 4.90 Å². The van der Waals surface area contributed by atoms with Crippen molar-refractivity contribution in [1.82, 2.24) is 15.5 Å². The van der Waals surface area contributed by atoms with Crippen LogP contribution in [0.4, 0.5) is 4.79 Å². The summed E-state index contributed by atoms with van der Waals surface area (Å²) in [6.07, 6.45) is 0.402. The number of rotatable bonds is 10. The average Bonchev–Trinajstić information content (AvgIpc) is 2.71. The maximum atomic E-state index is 12.6. The first-order chi connectivity index (χ1) is 15.6. The number of carbonyl (C=O) groups excluding carboxylic acids is 3. The summed E-state index contributed by atoms with van der Waals surface area (Å²) in [6.45, 7) is 7.12. The Hall–Kier alpha value is -2.62. The van der Waals surface area contributed by atoms with E-state index in [-0.39, 0.29) is 29.9 Å². The molecule has 188 valence electrons. The Morgan fingerprint density at radius 1 is 1.06 bits per heavy atom. The van der Waals surface area contributed by atoms with E-state index >= 15 is 0 Å². The number of ether oxygens (including phenoxy) is 1. The Labute approximate surface area is 209 Å². The summed E-state index contributed by atoms with van der Waals surface area (Å²) in [5.74, 6) is 1.81. The van der Waals surface area contributed by atoms with E-state index in [2.05, 4.69) is 37.3 Å². The van der Waals surface area contributed by atoms with E-state index < -0.39 is 27.2 Å². The van der Waals surface area contributed by atoms with Gasteiger partial charge in [-0.25, -0.2) is 18.4 Å². The first-order valence-electron chi connectivity index (χ1n) is 10.3. The lowest BCUT2D eigenvalue weighted by atomic mass is 9.89. The van der Waals surface area contributed by atoms with Gasteiger partial charge in [-0.15, -0.1) is 0 Å². The van der Waals surface area contributed by atoms with Crippen LogP contribution in [-0.4, -0.2) is 62.5 Å². The molecule has 0 spiro atoms. The van der Waals surface area contributed by atoms with Gasteiger partial charge in [-0.2, -0.15) is 0 Å². The summed E-state index contributed by atoms with van der Waals surface area (Å²) in [5.41, 5.74) is -0.929.